The fourth-order valence-electron chi connectivity index (χ4n) is 1.54. The zero-order chi connectivity index (χ0) is 13.0. The molecular formula is C14H13BrN2O. The molecule has 1 aromatic heterocycles. The highest BCUT2D eigenvalue weighted by molar-refractivity contribution is 9.08. The molecule has 0 spiro atoms. The molecule has 3 nitrogen and oxygen atoms in total. The highest BCUT2D eigenvalue weighted by atomic mass is 79.9. The zero-order valence-electron chi connectivity index (χ0n) is 9.98. The van der Waals surface area contributed by atoms with Crippen LogP contribution in [0.3, 0.4) is 0 Å². The second-order valence-electron chi connectivity index (χ2n) is 3.98. The third kappa shape index (κ3) is 3.17. The van der Waals surface area contributed by atoms with Crippen molar-refractivity contribution < 1.29 is 4.79 Å². The molecule has 0 aliphatic carbocycles. The van der Waals surface area contributed by atoms with E-state index in [2.05, 4.69) is 26.2 Å². The average molecular weight is 305 g/mol. The van der Waals surface area contributed by atoms with Crippen molar-refractivity contribution in [2.75, 3.05) is 5.32 Å². The van der Waals surface area contributed by atoms with Crippen molar-refractivity contribution in [3.05, 3.63) is 59.4 Å². The summed E-state index contributed by atoms with van der Waals surface area (Å²) in [5, 5.41) is 3.62. The molecule has 1 N–H and O–H groups in total. The Bertz CT molecular complexity index is 552. The lowest BCUT2D eigenvalue weighted by Crippen LogP contribution is -2.12. The summed E-state index contributed by atoms with van der Waals surface area (Å²) in [5.41, 5.74) is 3.37. The van der Waals surface area contributed by atoms with Gasteiger partial charge in [-0.1, -0.05) is 28.1 Å². The Morgan fingerprint density at radius 3 is 2.83 bits per heavy atom. The highest BCUT2D eigenvalue weighted by Gasteiger charge is 2.06. The van der Waals surface area contributed by atoms with Gasteiger partial charge in [0.25, 0.3) is 5.91 Å². The van der Waals surface area contributed by atoms with E-state index in [1.54, 1.807) is 12.3 Å². The molecule has 0 atom stereocenters. The molecule has 0 aliphatic rings. The predicted octanol–water partition coefficient (Wildman–Crippen LogP) is 3.54. The van der Waals surface area contributed by atoms with Crippen molar-refractivity contribution in [1.82, 2.24) is 4.98 Å². The molecule has 2 aromatic rings. The summed E-state index contributed by atoms with van der Waals surface area (Å²) < 4.78 is 0. The molecular weight excluding hydrogens is 292 g/mol. The van der Waals surface area contributed by atoms with Gasteiger partial charge in [0.1, 0.15) is 0 Å². The molecule has 0 saturated heterocycles. The van der Waals surface area contributed by atoms with E-state index in [4.69, 9.17) is 0 Å². The minimum Gasteiger partial charge on any atom is -0.322 e. The summed E-state index contributed by atoms with van der Waals surface area (Å²) in [6.45, 7) is 1.89. The third-order valence-corrected chi connectivity index (χ3v) is 3.16. The number of rotatable bonds is 3. The highest BCUT2D eigenvalue weighted by Crippen LogP contribution is 2.14. The van der Waals surface area contributed by atoms with Crippen molar-refractivity contribution in [2.45, 2.75) is 12.3 Å². The first-order valence-corrected chi connectivity index (χ1v) is 6.70. The maximum Gasteiger partial charge on any atom is 0.257 e. The van der Waals surface area contributed by atoms with Gasteiger partial charge < -0.3 is 5.32 Å². The lowest BCUT2D eigenvalue weighted by atomic mass is 10.2. The summed E-state index contributed by atoms with van der Waals surface area (Å²) >= 11 is 3.39. The standard InChI is InChI=1S/C14H13BrN2O/c1-10-5-6-12(9-16-10)14(18)17-13-4-2-3-11(7-13)8-15/h2-7,9H,8H2,1H3,(H,17,18). The SMILES string of the molecule is Cc1ccc(C(=O)Nc2cccc(CBr)c2)cn1. The molecule has 0 bridgehead atoms. The van der Waals surface area contributed by atoms with E-state index in [9.17, 15) is 4.79 Å². The maximum atomic E-state index is 12.0. The summed E-state index contributed by atoms with van der Waals surface area (Å²) in [5.74, 6) is -0.144. The van der Waals surface area contributed by atoms with Gasteiger partial charge in [0.05, 0.1) is 5.56 Å². The largest absolute Gasteiger partial charge is 0.322 e. The number of amides is 1. The topological polar surface area (TPSA) is 42.0 Å². The first-order valence-electron chi connectivity index (χ1n) is 5.58. The second kappa shape index (κ2) is 5.78. The quantitative estimate of drug-likeness (QED) is 0.881. The Labute approximate surface area is 114 Å². The number of hydrogen-bond acceptors (Lipinski definition) is 2. The smallest absolute Gasteiger partial charge is 0.257 e. The minimum atomic E-state index is -0.144. The summed E-state index contributed by atoms with van der Waals surface area (Å²) in [6, 6.07) is 11.3. The lowest BCUT2D eigenvalue weighted by Gasteiger charge is -2.06. The first kappa shape index (κ1) is 12.8. The van der Waals surface area contributed by atoms with E-state index in [-0.39, 0.29) is 5.91 Å². The number of hydrogen-bond donors (Lipinski definition) is 1. The Balaban J connectivity index is 2.13. The number of carbonyl (C=O) groups is 1. The summed E-state index contributed by atoms with van der Waals surface area (Å²) in [6.07, 6.45) is 1.58. The van der Waals surface area contributed by atoms with Gasteiger partial charge in [0, 0.05) is 22.9 Å². The van der Waals surface area contributed by atoms with Crippen molar-refractivity contribution in [1.29, 1.82) is 0 Å². The fourth-order valence-corrected chi connectivity index (χ4v) is 1.89. The van der Waals surface area contributed by atoms with E-state index in [1.807, 2.05) is 37.3 Å². The lowest BCUT2D eigenvalue weighted by molar-refractivity contribution is 0.102. The summed E-state index contributed by atoms with van der Waals surface area (Å²) in [4.78, 5) is 16.1. The first-order chi connectivity index (χ1) is 8.69. The Kier molecular flexibility index (Phi) is 4.10. The van der Waals surface area contributed by atoms with Gasteiger partial charge in [-0.05, 0) is 36.8 Å². The third-order valence-electron chi connectivity index (χ3n) is 2.51. The van der Waals surface area contributed by atoms with Crippen LogP contribution in [0.4, 0.5) is 5.69 Å². The van der Waals surface area contributed by atoms with E-state index in [0.717, 1.165) is 22.3 Å². The zero-order valence-corrected chi connectivity index (χ0v) is 11.6. The molecule has 1 aromatic carbocycles. The van der Waals surface area contributed by atoms with Gasteiger partial charge >= 0.3 is 0 Å². The van der Waals surface area contributed by atoms with Crippen LogP contribution >= 0.6 is 15.9 Å². The van der Waals surface area contributed by atoms with Crippen LogP contribution in [0.5, 0.6) is 0 Å². The Morgan fingerprint density at radius 1 is 1.33 bits per heavy atom. The second-order valence-corrected chi connectivity index (χ2v) is 4.54. The molecule has 1 amide bonds. The fraction of sp³-hybridized carbons (Fsp3) is 0.143. The molecule has 0 unspecified atom stereocenters. The number of aryl methyl sites for hydroxylation is 1. The van der Waals surface area contributed by atoms with Crippen LogP contribution in [0.1, 0.15) is 21.6 Å². The maximum absolute atomic E-state index is 12.0. The van der Waals surface area contributed by atoms with Gasteiger partial charge in [-0.25, -0.2) is 0 Å². The number of halogens is 1. The molecule has 1 heterocycles. The monoisotopic (exact) mass is 304 g/mol. The molecule has 4 heteroatoms. The van der Waals surface area contributed by atoms with Gasteiger partial charge in [0.2, 0.25) is 0 Å². The van der Waals surface area contributed by atoms with E-state index < -0.39 is 0 Å². The predicted molar refractivity (Wildman–Crippen MR) is 76.0 cm³/mol. The normalized spacial score (nSPS) is 10.1. The van der Waals surface area contributed by atoms with Gasteiger partial charge in [-0.2, -0.15) is 0 Å². The van der Waals surface area contributed by atoms with Crippen LogP contribution in [0.2, 0.25) is 0 Å². The number of aromatic nitrogens is 1. The molecule has 0 fully saturated rings. The molecule has 18 heavy (non-hydrogen) atoms. The molecule has 92 valence electrons. The minimum absolute atomic E-state index is 0.144. The van der Waals surface area contributed by atoms with Crippen molar-refractivity contribution >= 4 is 27.5 Å². The number of alkyl halides is 1. The van der Waals surface area contributed by atoms with Crippen LogP contribution in [0.25, 0.3) is 0 Å². The van der Waals surface area contributed by atoms with Crippen LogP contribution in [0, 0.1) is 6.92 Å². The van der Waals surface area contributed by atoms with E-state index >= 15 is 0 Å². The van der Waals surface area contributed by atoms with Crippen LogP contribution in [0.15, 0.2) is 42.6 Å². The van der Waals surface area contributed by atoms with Crippen LogP contribution in [-0.4, -0.2) is 10.9 Å². The number of benzene rings is 1. The number of anilines is 1. The molecule has 0 saturated carbocycles. The van der Waals surface area contributed by atoms with E-state index in [0.29, 0.717) is 5.56 Å². The van der Waals surface area contributed by atoms with E-state index in [1.165, 1.54) is 0 Å². The molecule has 0 radical (unpaired) electrons. The Hall–Kier alpha value is -1.68. The van der Waals surface area contributed by atoms with Gasteiger partial charge in [-0.3, -0.25) is 9.78 Å². The number of nitrogens with one attached hydrogen (secondary N) is 1. The van der Waals surface area contributed by atoms with Crippen molar-refractivity contribution in [2.24, 2.45) is 0 Å². The average Bonchev–Trinajstić information content (AvgIpc) is 2.39. The molecule has 0 aliphatic heterocycles. The number of pyridine rings is 1. The van der Waals surface area contributed by atoms with Crippen LogP contribution < -0.4 is 5.32 Å². The van der Waals surface area contributed by atoms with Gasteiger partial charge in [0.15, 0.2) is 0 Å². The summed E-state index contributed by atoms with van der Waals surface area (Å²) in [7, 11) is 0. The molecule has 2 rings (SSSR count). The van der Waals surface area contributed by atoms with Crippen LogP contribution in [-0.2, 0) is 5.33 Å². The Morgan fingerprint density at radius 2 is 2.17 bits per heavy atom. The van der Waals surface area contributed by atoms with Gasteiger partial charge in [-0.15, -0.1) is 0 Å². The van der Waals surface area contributed by atoms with Crippen molar-refractivity contribution in [3.8, 4) is 0 Å². The van der Waals surface area contributed by atoms with Crippen molar-refractivity contribution in [3.63, 3.8) is 0 Å². The number of nitrogens with zero attached hydrogens (tertiary/aromatic N) is 1. The number of carbonyl (C=O) groups excluding carboxylic acids is 1.